The van der Waals surface area contributed by atoms with Gasteiger partial charge in [0.05, 0.1) is 5.75 Å². The number of nitrogens with zero attached hydrogens (tertiary/aromatic N) is 3. The predicted molar refractivity (Wildman–Crippen MR) is 121 cm³/mol. The summed E-state index contributed by atoms with van der Waals surface area (Å²) in [6.45, 7) is 3.86. The number of sulfonamides is 1. The molecule has 2 heterocycles. The van der Waals surface area contributed by atoms with Crippen molar-refractivity contribution in [2.75, 3.05) is 28.0 Å². The topological polar surface area (TPSA) is 87.2 Å². The Kier molecular flexibility index (Phi) is 6.22. The Morgan fingerprint density at radius 2 is 1.66 bits per heavy atom. The monoisotopic (exact) mass is 459 g/mol. The van der Waals surface area contributed by atoms with Crippen molar-refractivity contribution in [3.05, 3.63) is 71.4 Å². The minimum Gasteiger partial charge on any atom is -0.356 e. The zero-order valence-electron chi connectivity index (χ0n) is 17.5. The van der Waals surface area contributed by atoms with Crippen molar-refractivity contribution in [1.82, 2.24) is 9.97 Å². The molecule has 0 aliphatic carbocycles. The average molecular weight is 460 g/mol. The molecule has 1 fully saturated rings. The van der Waals surface area contributed by atoms with Gasteiger partial charge >= 0.3 is 0 Å². The minimum absolute atomic E-state index is 0.235. The molecule has 4 rings (SSSR count). The van der Waals surface area contributed by atoms with Gasteiger partial charge in [-0.25, -0.2) is 22.2 Å². The van der Waals surface area contributed by atoms with Crippen LogP contribution in [0.25, 0.3) is 0 Å². The molecule has 1 aromatic heterocycles. The fraction of sp³-hybridized carbons (Fsp3) is 0.273. The lowest BCUT2D eigenvalue weighted by Crippen LogP contribution is -2.19. The predicted octanol–water partition coefficient (Wildman–Crippen LogP) is 4.35. The van der Waals surface area contributed by atoms with Gasteiger partial charge in [-0.3, -0.25) is 4.72 Å². The molecule has 0 bridgehead atoms. The molecule has 2 aromatic carbocycles. The van der Waals surface area contributed by atoms with Crippen molar-refractivity contribution in [3.8, 4) is 0 Å². The van der Waals surface area contributed by atoms with E-state index < -0.39 is 27.4 Å². The number of aryl methyl sites for hydroxylation is 1. The van der Waals surface area contributed by atoms with Crippen LogP contribution in [0.3, 0.4) is 0 Å². The van der Waals surface area contributed by atoms with Crippen molar-refractivity contribution in [1.29, 1.82) is 0 Å². The first-order valence-electron chi connectivity index (χ1n) is 10.2. The van der Waals surface area contributed by atoms with Crippen LogP contribution in [-0.2, 0) is 15.8 Å². The van der Waals surface area contributed by atoms with Gasteiger partial charge in [-0.05, 0) is 62.2 Å². The third-order valence-corrected chi connectivity index (χ3v) is 6.28. The number of hydrogen-bond donors (Lipinski definition) is 2. The van der Waals surface area contributed by atoms with Gasteiger partial charge in [-0.1, -0.05) is 0 Å². The van der Waals surface area contributed by atoms with Crippen LogP contribution >= 0.6 is 0 Å². The van der Waals surface area contributed by atoms with Crippen LogP contribution < -0.4 is 14.9 Å². The zero-order chi connectivity index (χ0) is 22.7. The number of halogens is 2. The maximum atomic E-state index is 13.8. The smallest absolute Gasteiger partial charge is 0.237 e. The van der Waals surface area contributed by atoms with Gasteiger partial charge in [0.25, 0.3) is 0 Å². The SMILES string of the molecule is Cc1cc(N2CCCC2)nc(Nc2ccc(NS(=O)(=O)Cc3cc(F)ccc3F)cc2)n1. The van der Waals surface area contributed by atoms with E-state index in [1.54, 1.807) is 24.3 Å². The van der Waals surface area contributed by atoms with E-state index in [-0.39, 0.29) is 5.56 Å². The summed E-state index contributed by atoms with van der Waals surface area (Å²) in [6.07, 6.45) is 2.30. The molecule has 0 amide bonds. The lowest BCUT2D eigenvalue weighted by Gasteiger charge is -2.17. The van der Waals surface area contributed by atoms with E-state index in [1.807, 2.05) is 13.0 Å². The number of rotatable bonds is 7. The van der Waals surface area contributed by atoms with Gasteiger partial charge in [0.2, 0.25) is 16.0 Å². The summed E-state index contributed by atoms with van der Waals surface area (Å²) >= 11 is 0. The molecule has 7 nitrogen and oxygen atoms in total. The van der Waals surface area contributed by atoms with E-state index in [1.165, 1.54) is 0 Å². The second-order valence-electron chi connectivity index (χ2n) is 7.68. The standard InChI is InChI=1S/C22H23F2N5O2S/c1-15-12-21(29-10-2-3-11-29)27-22(25-15)26-18-5-7-19(8-6-18)28-32(30,31)14-16-13-17(23)4-9-20(16)24/h4-9,12-13,28H,2-3,10-11,14H2,1H3,(H,25,26,27). The molecule has 32 heavy (non-hydrogen) atoms. The maximum absolute atomic E-state index is 13.8. The van der Waals surface area contributed by atoms with E-state index in [0.29, 0.717) is 17.3 Å². The molecule has 1 aliphatic rings. The fourth-order valence-electron chi connectivity index (χ4n) is 3.54. The molecule has 1 aliphatic heterocycles. The van der Waals surface area contributed by atoms with E-state index in [9.17, 15) is 17.2 Å². The molecule has 168 valence electrons. The number of benzene rings is 2. The third kappa shape index (κ3) is 5.50. The molecule has 0 radical (unpaired) electrons. The summed E-state index contributed by atoms with van der Waals surface area (Å²) < 4.78 is 54.2. The molecule has 0 unspecified atom stereocenters. The Hall–Kier alpha value is -3.27. The quantitative estimate of drug-likeness (QED) is 0.546. The Morgan fingerprint density at radius 3 is 2.38 bits per heavy atom. The van der Waals surface area contributed by atoms with Crippen molar-refractivity contribution in [2.45, 2.75) is 25.5 Å². The number of nitrogens with one attached hydrogen (secondary N) is 2. The number of anilines is 4. The molecule has 1 saturated heterocycles. The minimum atomic E-state index is -3.93. The molecule has 3 aromatic rings. The summed E-state index contributed by atoms with van der Waals surface area (Å²) in [6, 6.07) is 11.2. The molecular weight excluding hydrogens is 436 g/mol. The van der Waals surface area contributed by atoms with E-state index in [2.05, 4.69) is 24.9 Å². The molecule has 0 atom stereocenters. The Bertz CT molecular complexity index is 1210. The maximum Gasteiger partial charge on any atom is 0.237 e. The van der Waals surface area contributed by atoms with Crippen molar-refractivity contribution < 1.29 is 17.2 Å². The second kappa shape index (κ2) is 9.07. The van der Waals surface area contributed by atoms with Crippen LogP contribution in [0.2, 0.25) is 0 Å². The van der Waals surface area contributed by atoms with Gasteiger partial charge in [-0.15, -0.1) is 0 Å². The second-order valence-corrected chi connectivity index (χ2v) is 9.41. The highest BCUT2D eigenvalue weighted by molar-refractivity contribution is 7.91. The summed E-state index contributed by atoms with van der Waals surface area (Å²) in [5.41, 5.74) is 1.59. The fourth-order valence-corrected chi connectivity index (χ4v) is 4.74. The van der Waals surface area contributed by atoms with E-state index >= 15 is 0 Å². The normalized spacial score (nSPS) is 13.9. The molecular formula is C22H23F2N5O2S. The summed E-state index contributed by atoms with van der Waals surface area (Å²) in [5, 5.41) is 3.13. The highest BCUT2D eigenvalue weighted by Gasteiger charge is 2.17. The summed E-state index contributed by atoms with van der Waals surface area (Å²) in [4.78, 5) is 11.2. The van der Waals surface area contributed by atoms with Crippen LogP contribution in [0.5, 0.6) is 0 Å². The largest absolute Gasteiger partial charge is 0.356 e. The zero-order valence-corrected chi connectivity index (χ0v) is 18.3. The van der Waals surface area contributed by atoms with Crippen LogP contribution in [0.15, 0.2) is 48.5 Å². The van der Waals surface area contributed by atoms with Crippen molar-refractivity contribution >= 4 is 33.2 Å². The Morgan fingerprint density at radius 1 is 0.969 bits per heavy atom. The lowest BCUT2D eigenvalue weighted by atomic mass is 10.2. The molecule has 10 heteroatoms. The number of hydrogen-bond acceptors (Lipinski definition) is 6. The third-order valence-electron chi connectivity index (χ3n) is 5.04. The molecule has 0 saturated carbocycles. The Labute approximate surface area is 185 Å². The van der Waals surface area contributed by atoms with Crippen LogP contribution in [0.4, 0.5) is 31.9 Å². The summed E-state index contributed by atoms with van der Waals surface area (Å²) in [7, 11) is -3.93. The molecule has 2 N–H and O–H groups in total. The van der Waals surface area contributed by atoms with E-state index in [0.717, 1.165) is 55.6 Å². The van der Waals surface area contributed by atoms with Crippen molar-refractivity contribution in [2.24, 2.45) is 0 Å². The Balaban J connectivity index is 1.43. The first-order chi connectivity index (χ1) is 15.3. The summed E-state index contributed by atoms with van der Waals surface area (Å²) in [5.74, 6) is -0.804. The van der Waals surface area contributed by atoms with Gasteiger partial charge in [0.15, 0.2) is 0 Å². The van der Waals surface area contributed by atoms with Crippen molar-refractivity contribution in [3.63, 3.8) is 0 Å². The van der Waals surface area contributed by atoms with Crippen LogP contribution in [-0.4, -0.2) is 31.5 Å². The first kappa shape index (κ1) is 21.9. The highest BCUT2D eigenvalue weighted by atomic mass is 32.2. The highest BCUT2D eigenvalue weighted by Crippen LogP contribution is 2.23. The van der Waals surface area contributed by atoms with Gasteiger partial charge in [-0.2, -0.15) is 4.98 Å². The van der Waals surface area contributed by atoms with Gasteiger partial charge in [0.1, 0.15) is 17.5 Å². The van der Waals surface area contributed by atoms with E-state index in [4.69, 9.17) is 0 Å². The van der Waals surface area contributed by atoms with Gasteiger partial charge in [0, 0.05) is 41.8 Å². The van der Waals surface area contributed by atoms with Gasteiger partial charge < -0.3 is 10.2 Å². The average Bonchev–Trinajstić information content (AvgIpc) is 3.26. The van der Waals surface area contributed by atoms with Crippen LogP contribution in [0.1, 0.15) is 24.1 Å². The number of aromatic nitrogens is 2. The van der Waals surface area contributed by atoms with Crippen LogP contribution in [0, 0.1) is 18.6 Å². The molecule has 0 spiro atoms. The lowest BCUT2D eigenvalue weighted by molar-refractivity contribution is 0.581. The first-order valence-corrected chi connectivity index (χ1v) is 11.8.